The van der Waals surface area contributed by atoms with Crippen LogP contribution in [0.2, 0.25) is 0 Å². The molecule has 3 aromatic carbocycles. The van der Waals surface area contributed by atoms with Gasteiger partial charge in [-0.15, -0.1) is 11.3 Å². The Hall–Kier alpha value is -3.43. The third-order valence-corrected chi connectivity index (χ3v) is 7.73. The monoisotopic (exact) mass is 475 g/mol. The van der Waals surface area contributed by atoms with E-state index in [2.05, 4.69) is 101 Å². The number of thiophene rings is 1. The number of fused-ring (bicyclic) bond motifs is 5. The van der Waals surface area contributed by atoms with E-state index in [1.54, 1.807) is 0 Å². The molecule has 0 aliphatic heterocycles. The summed E-state index contributed by atoms with van der Waals surface area (Å²) in [7, 11) is 0. The number of rotatable bonds is 3. The van der Waals surface area contributed by atoms with Crippen LogP contribution in [0.5, 0.6) is 0 Å². The molecular formula is C32H29NOS. The standard InChI is InChI=1S/C32H29NOS/c1-19-14-20(2)29-27(15-19)34-31-25(16-21-8-6-7-9-24(21)30(29)31)26-17-22(12-13-33-26)28-11-10-23(35-28)18-32(3,4)5/h6-17H,18H2,1-5H3. The second-order valence-electron chi connectivity index (χ2n) is 10.8. The number of aryl methyl sites for hydroxylation is 2. The molecule has 3 heterocycles. The highest BCUT2D eigenvalue weighted by Crippen LogP contribution is 2.42. The van der Waals surface area contributed by atoms with Crippen molar-refractivity contribution in [2.45, 2.75) is 41.0 Å². The number of nitrogens with zero attached hydrogens (tertiary/aromatic N) is 1. The second kappa shape index (κ2) is 8.07. The molecule has 0 unspecified atom stereocenters. The molecule has 2 nitrogen and oxygen atoms in total. The Balaban J connectivity index is 1.57. The minimum Gasteiger partial charge on any atom is -0.455 e. The number of furan rings is 1. The minimum absolute atomic E-state index is 0.278. The molecule has 174 valence electrons. The van der Waals surface area contributed by atoms with Crippen molar-refractivity contribution in [3.63, 3.8) is 0 Å². The van der Waals surface area contributed by atoms with Gasteiger partial charge in [-0.25, -0.2) is 0 Å². The lowest BCUT2D eigenvalue weighted by atomic mass is 9.92. The molecular weight excluding hydrogens is 446 g/mol. The van der Waals surface area contributed by atoms with Crippen LogP contribution >= 0.6 is 11.3 Å². The summed E-state index contributed by atoms with van der Waals surface area (Å²) in [5.41, 5.74) is 7.77. The van der Waals surface area contributed by atoms with Crippen LogP contribution in [0, 0.1) is 19.3 Å². The fraction of sp³-hybridized carbons (Fsp3) is 0.219. The van der Waals surface area contributed by atoms with Crippen LogP contribution in [-0.2, 0) is 6.42 Å². The van der Waals surface area contributed by atoms with Crippen molar-refractivity contribution in [3.8, 4) is 21.7 Å². The van der Waals surface area contributed by atoms with Gasteiger partial charge in [0.2, 0.25) is 0 Å². The van der Waals surface area contributed by atoms with Crippen molar-refractivity contribution >= 4 is 44.0 Å². The fourth-order valence-electron chi connectivity index (χ4n) is 5.19. The first-order valence-corrected chi connectivity index (χ1v) is 13.0. The zero-order chi connectivity index (χ0) is 24.3. The molecule has 0 saturated carbocycles. The van der Waals surface area contributed by atoms with Gasteiger partial charge in [-0.3, -0.25) is 4.98 Å². The van der Waals surface area contributed by atoms with Crippen LogP contribution in [0.15, 0.2) is 77.3 Å². The quantitative estimate of drug-likeness (QED) is 0.254. The maximum Gasteiger partial charge on any atom is 0.145 e. The van der Waals surface area contributed by atoms with E-state index in [9.17, 15) is 0 Å². The number of benzene rings is 3. The third-order valence-electron chi connectivity index (χ3n) is 6.59. The van der Waals surface area contributed by atoms with Crippen molar-refractivity contribution in [3.05, 3.63) is 88.9 Å². The highest BCUT2D eigenvalue weighted by Gasteiger charge is 2.19. The molecule has 0 aliphatic carbocycles. The van der Waals surface area contributed by atoms with E-state index >= 15 is 0 Å². The molecule has 6 rings (SSSR count). The van der Waals surface area contributed by atoms with Crippen molar-refractivity contribution < 1.29 is 4.42 Å². The summed E-state index contributed by atoms with van der Waals surface area (Å²) in [5.74, 6) is 0. The van der Waals surface area contributed by atoms with Crippen LogP contribution < -0.4 is 0 Å². The van der Waals surface area contributed by atoms with E-state index < -0.39 is 0 Å². The Morgan fingerprint density at radius 3 is 2.54 bits per heavy atom. The van der Waals surface area contributed by atoms with Gasteiger partial charge in [-0.1, -0.05) is 51.1 Å². The molecule has 3 heteroatoms. The Morgan fingerprint density at radius 1 is 0.886 bits per heavy atom. The average Bonchev–Trinajstić information content (AvgIpc) is 3.42. The van der Waals surface area contributed by atoms with E-state index in [0.29, 0.717) is 0 Å². The van der Waals surface area contributed by atoms with Gasteiger partial charge in [-0.2, -0.15) is 0 Å². The molecule has 0 atom stereocenters. The molecule has 0 fully saturated rings. The Morgan fingerprint density at radius 2 is 1.71 bits per heavy atom. The normalized spacial score (nSPS) is 12.3. The Kier molecular flexibility index (Phi) is 5.08. The molecule has 0 saturated heterocycles. The molecule has 0 radical (unpaired) electrons. The van der Waals surface area contributed by atoms with Gasteiger partial charge in [0, 0.05) is 32.3 Å². The first-order chi connectivity index (χ1) is 16.8. The SMILES string of the molecule is Cc1cc(C)c2c(c1)oc1c(-c3cc(-c4ccc(CC(C)(C)C)s4)ccn3)cc3ccccc3c12. The van der Waals surface area contributed by atoms with Crippen molar-refractivity contribution in [2.75, 3.05) is 0 Å². The Labute approximate surface area is 210 Å². The van der Waals surface area contributed by atoms with Crippen LogP contribution in [0.4, 0.5) is 0 Å². The second-order valence-corrected chi connectivity index (χ2v) is 12.0. The fourth-order valence-corrected chi connectivity index (χ4v) is 6.50. The predicted molar refractivity (Wildman–Crippen MR) is 150 cm³/mol. The van der Waals surface area contributed by atoms with E-state index in [1.165, 1.54) is 48.0 Å². The van der Waals surface area contributed by atoms with E-state index in [-0.39, 0.29) is 5.41 Å². The summed E-state index contributed by atoms with van der Waals surface area (Å²) in [5, 5.41) is 4.80. The number of aromatic nitrogens is 1. The van der Waals surface area contributed by atoms with Gasteiger partial charge in [0.15, 0.2) is 0 Å². The van der Waals surface area contributed by atoms with Gasteiger partial charge in [0.1, 0.15) is 11.2 Å². The maximum atomic E-state index is 6.57. The topological polar surface area (TPSA) is 26.0 Å². The van der Waals surface area contributed by atoms with Gasteiger partial charge in [0.05, 0.1) is 5.69 Å². The number of pyridine rings is 1. The maximum absolute atomic E-state index is 6.57. The lowest BCUT2D eigenvalue weighted by molar-refractivity contribution is 0.414. The molecule has 0 amide bonds. The minimum atomic E-state index is 0.278. The molecule has 0 bridgehead atoms. The predicted octanol–water partition coefficient (Wildman–Crippen LogP) is 9.74. The zero-order valence-corrected chi connectivity index (χ0v) is 21.7. The first-order valence-electron chi connectivity index (χ1n) is 12.2. The van der Waals surface area contributed by atoms with E-state index in [1.807, 2.05) is 17.5 Å². The summed E-state index contributed by atoms with van der Waals surface area (Å²) in [4.78, 5) is 7.51. The smallest absolute Gasteiger partial charge is 0.145 e. The van der Waals surface area contributed by atoms with Crippen LogP contribution in [0.1, 0.15) is 36.8 Å². The van der Waals surface area contributed by atoms with E-state index in [4.69, 9.17) is 9.40 Å². The highest BCUT2D eigenvalue weighted by atomic mass is 32.1. The first kappa shape index (κ1) is 22.1. The lowest BCUT2D eigenvalue weighted by Gasteiger charge is -2.16. The van der Waals surface area contributed by atoms with Gasteiger partial charge in [0.25, 0.3) is 0 Å². The van der Waals surface area contributed by atoms with Gasteiger partial charge >= 0.3 is 0 Å². The van der Waals surface area contributed by atoms with Crippen molar-refractivity contribution in [2.24, 2.45) is 5.41 Å². The summed E-state index contributed by atoms with van der Waals surface area (Å²) >= 11 is 1.88. The van der Waals surface area contributed by atoms with Crippen molar-refractivity contribution in [1.29, 1.82) is 0 Å². The summed E-state index contributed by atoms with van der Waals surface area (Å²) in [6.45, 7) is 11.2. The van der Waals surface area contributed by atoms with Crippen LogP contribution in [0.3, 0.4) is 0 Å². The molecule has 35 heavy (non-hydrogen) atoms. The summed E-state index contributed by atoms with van der Waals surface area (Å²) in [6.07, 6.45) is 3.01. The van der Waals surface area contributed by atoms with Gasteiger partial charge in [-0.05, 0) is 89.5 Å². The highest BCUT2D eigenvalue weighted by molar-refractivity contribution is 7.15. The largest absolute Gasteiger partial charge is 0.455 e. The number of hydrogen-bond donors (Lipinski definition) is 0. The number of hydrogen-bond acceptors (Lipinski definition) is 3. The Bertz CT molecular complexity index is 1730. The van der Waals surface area contributed by atoms with Crippen LogP contribution in [-0.4, -0.2) is 4.98 Å². The zero-order valence-electron chi connectivity index (χ0n) is 20.9. The molecule has 3 aromatic heterocycles. The third kappa shape index (κ3) is 3.94. The van der Waals surface area contributed by atoms with Crippen molar-refractivity contribution in [1.82, 2.24) is 4.98 Å². The summed E-state index contributed by atoms with van der Waals surface area (Å²) in [6, 6.07) is 24.0. The molecule has 0 N–H and O–H groups in total. The average molecular weight is 476 g/mol. The van der Waals surface area contributed by atoms with Crippen LogP contribution in [0.25, 0.3) is 54.4 Å². The van der Waals surface area contributed by atoms with Gasteiger partial charge < -0.3 is 4.42 Å². The van der Waals surface area contributed by atoms with E-state index in [0.717, 1.165) is 28.8 Å². The lowest BCUT2D eigenvalue weighted by Crippen LogP contribution is -2.07. The summed E-state index contributed by atoms with van der Waals surface area (Å²) < 4.78 is 6.57. The molecule has 0 spiro atoms. The molecule has 6 aromatic rings. The molecule has 0 aliphatic rings.